The Bertz CT molecular complexity index is 418. The van der Waals surface area contributed by atoms with Crippen LogP contribution < -0.4 is 5.32 Å². The van der Waals surface area contributed by atoms with Crippen LogP contribution in [0, 0.1) is 5.92 Å². The van der Waals surface area contributed by atoms with Gasteiger partial charge in [-0.1, -0.05) is 6.92 Å². The van der Waals surface area contributed by atoms with E-state index in [1.54, 1.807) is 6.20 Å². The molecular formula is C13H20N2O3S. The van der Waals surface area contributed by atoms with Gasteiger partial charge in [0.2, 0.25) is 0 Å². The number of aromatic nitrogens is 1. The van der Waals surface area contributed by atoms with Crippen LogP contribution in [0.4, 0.5) is 0 Å². The predicted molar refractivity (Wildman–Crippen MR) is 73.4 cm³/mol. The summed E-state index contributed by atoms with van der Waals surface area (Å²) in [6.45, 7) is 3.21. The molecule has 1 saturated carbocycles. The normalized spacial score (nSPS) is 16.3. The highest BCUT2D eigenvalue weighted by molar-refractivity contribution is 7.13. The van der Waals surface area contributed by atoms with Gasteiger partial charge in [-0.15, -0.1) is 11.3 Å². The van der Waals surface area contributed by atoms with Crippen molar-refractivity contribution in [2.24, 2.45) is 5.92 Å². The van der Waals surface area contributed by atoms with Gasteiger partial charge in [-0.25, -0.2) is 4.98 Å². The third kappa shape index (κ3) is 4.89. The molecular weight excluding hydrogens is 264 g/mol. The van der Waals surface area contributed by atoms with Crippen molar-refractivity contribution in [2.45, 2.75) is 32.3 Å². The van der Waals surface area contributed by atoms with Crippen molar-refractivity contribution in [1.82, 2.24) is 10.3 Å². The molecule has 1 fully saturated rings. The highest BCUT2D eigenvalue weighted by Crippen LogP contribution is 2.28. The van der Waals surface area contributed by atoms with E-state index in [0.29, 0.717) is 10.8 Å². The Hall–Kier alpha value is -0.980. The molecule has 1 aromatic heterocycles. The minimum atomic E-state index is -0.652. The van der Waals surface area contributed by atoms with Gasteiger partial charge in [0.05, 0.1) is 23.9 Å². The number of nitrogens with one attached hydrogen (secondary N) is 1. The molecule has 1 aromatic rings. The smallest absolute Gasteiger partial charge is 0.263 e. The van der Waals surface area contributed by atoms with Crippen LogP contribution >= 0.6 is 11.3 Å². The van der Waals surface area contributed by atoms with Crippen LogP contribution in [0.15, 0.2) is 6.20 Å². The van der Waals surface area contributed by atoms with Crippen LogP contribution in [0.2, 0.25) is 0 Å². The van der Waals surface area contributed by atoms with E-state index in [1.807, 2.05) is 6.92 Å². The van der Waals surface area contributed by atoms with E-state index in [9.17, 15) is 9.90 Å². The standard InChI is InChI=1S/C13H20N2O3S/c1-2-12-14-6-11(19-12)13(17)15-5-10(16)8-18-7-9-3-4-9/h6,9-10,16H,2-5,7-8H2,1H3,(H,15,17). The Kier molecular flexibility index (Phi) is 5.30. The van der Waals surface area contributed by atoms with E-state index in [2.05, 4.69) is 10.3 Å². The summed E-state index contributed by atoms with van der Waals surface area (Å²) in [4.78, 5) is 16.5. The zero-order valence-corrected chi connectivity index (χ0v) is 11.9. The fourth-order valence-corrected chi connectivity index (χ4v) is 2.36. The lowest BCUT2D eigenvalue weighted by molar-refractivity contribution is 0.0321. The molecule has 2 N–H and O–H groups in total. The van der Waals surface area contributed by atoms with Gasteiger partial charge in [-0.05, 0) is 25.2 Å². The summed E-state index contributed by atoms with van der Waals surface area (Å²) in [5.74, 6) is 0.505. The molecule has 1 unspecified atom stereocenters. The van der Waals surface area contributed by atoms with Crippen molar-refractivity contribution in [1.29, 1.82) is 0 Å². The van der Waals surface area contributed by atoms with Crippen LogP contribution in [-0.2, 0) is 11.2 Å². The molecule has 0 aliphatic heterocycles. The lowest BCUT2D eigenvalue weighted by Gasteiger charge is -2.11. The summed E-state index contributed by atoms with van der Waals surface area (Å²) in [5.41, 5.74) is 0. The zero-order valence-electron chi connectivity index (χ0n) is 11.1. The maximum absolute atomic E-state index is 11.8. The molecule has 2 rings (SSSR count). The van der Waals surface area contributed by atoms with E-state index in [4.69, 9.17) is 4.74 Å². The Morgan fingerprint density at radius 2 is 2.47 bits per heavy atom. The summed E-state index contributed by atoms with van der Waals surface area (Å²) in [6, 6.07) is 0. The first-order valence-electron chi connectivity index (χ1n) is 6.67. The third-order valence-corrected chi connectivity index (χ3v) is 4.08. The summed E-state index contributed by atoms with van der Waals surface area (Å²) in [6.07, 6.45) is 4.22. The van der Waals surface area contributed by atoms with Gasteiger partial charge in [0, 0.05) is 13.2 Å². The number of aliphatic hydroxyl groups excluding tert-OH is 1. The average molecular weight is 284 g/mol. The number of aliphatic hydroxyl groups is 1. The second-order valence-corrected chi connectivity index (χ2v) is 5.93. The van der Waals surface area contributed by atoms with Crippen LogP contribution in [0.25, 0.3) is 0 Å². The summed E-state index contributed by atoms with van der Waals surface area (Å²) in [7, 11) is 0. The van der Waals surface area contributed by atoms with Gasteiger partial charge in [0.15, 0.2) is 0 Å². The summed E-state index contributed by atoms with van der Waals surface area (Å²) < 4.78 is 5.37. The van der Waals surface area contributed by atoms with Crippen LogP contribution in [-0.4, -0.2) is 41.9 Å². The van der Waals surface area contributed by atoms with E-state index in [0.717, 1.165) is 18.0 Å². The largest absolute Gasteiger partial charge is 0.389 e. The maximum Gasteiger partial charge on any atom is 0.263 e. The SMILES string of the molecule is CCc1ncc(C(=O)NCC(O)COCC2CC2)s1. The Morgan fingerprint density at radius 3 is 3.11 bits per heavy atom. The highest BCUT2D eigenvalue weighted by Gasteiger charge is 2.21. The summed E-state index contributed by atoms with van der Waals surface area (Å²) >= 11 is 1.39. The minimum absolute atomic E-state index is 0.182. The molecule has 0 spiro atoms. The Morgan fingerprint density at radius 1 is 1.68 bits per heavy atom. The number of hydrogen-bond donors (Lipinski definition) is 2. The van der Waals surface area contributed by atoms with Gasteiger partial charge in [0.1, 0.15) is 4.88 Å². The first kappa shape index (κ1) is 14.4. The number of aryl methyl sites for hydroxylation is 1. The van der Waals surface area contributed by atoms with Gasteiger partial charge in [0.25, 0.3) is 5.91 Å². The second-order valence-electron chi connectivity index (χ2n) is 4.82. The molecule has 0 radical (unpaired) electrons. The van der Waals surface area contributed by atoms with E-state index < -0.39 is 6.10 Å². The molecule has 5 nitrogen and oxygen atoms in total. The maximum atomic E-state index is 11.8. The quantitative estimate of drug-likeness (QED) is 0.753. The number of carbonyl (C=O) groups excluding carboxylic acids is 1. The number of nitrogens with zero attached hydrogens (tertiary/aromatic N) is 1. The molecule has 1 heterocycles. The van der Waals surface area contributed by atoms with Crippen molar-refractivity contribution >= 4 is 17.2 Å². The molecule has 0 aromatic carbocycles. The third-order valence-electron chi connectivity index (χ3n) is 2.94. The van der Waals surface area contributed by atoms with Gasteiger partial charge < -0.3 is 15.2 Å². The molecule has 1 amide bonds. The second kappa shape index (κ2) is 6.98. The molecule has 19 heavy (non-hydrogen) atoms. The predicted octanol–water partition coefficient (Wildman–Crippen LogP) is 1.22. The lowest BCUT2D eigenvalue weighted by atomic mass is 10.3. The molecule has 1 aliphatic carbocycles. The van der Waals surface area contributed by atoms with E-state index >= 15 is 0 Å². The van der Waals surface area contributed by atoms with Crippen LogP contribution in [0.1, 0.15) is 34.4 Å². The van der Waals surface area contributed by atoms with Gasteiger partial charge in [-0.2, -0.15) is 0 Å². The highest BCUT2D eigenvalue weighted by atomic mass is 32.1. The van der Waals surface area contributed by atoms with E-state index in [-0.39, 0.29) is 19.1 Å². The van der Waals surface area contributed by atoms with Gasteiger partial charge >= 0.3 is 0 Å². The fourth-order valence-electron chi connectivity index (χ4n) is 1.59. The number of ether oxygens (including phenoxy) is 1. The van der Waals surface area contributed by atoms with Crippen molar-refractivity contribution < 1.29 is 14.6 Å². The lowest BCUT2D eigenvalue weighted by Crippen LogP contribution is -2.34. The molecule has 1 atom stereocenters. The first-order chi connectivity index (χ1) is 9.19. The molecule has 106 valence electrons. The Labute approximate surface area is 117 Å². The zero-order chi connectivity index (χ0) is 13.7. The molecule has 0 bridgehead atoms. The molecule has 6 heteroatoms. The number of thiazole rings is 1. The monoisotopic (exact) mass is 284 g/mol. The molecule has 1 aliphatic rings. The number of hydrogen-bond acceptors (Lipinski definition) is 5. The van der Waals surface area contributed by atoms with Crippen LogP contribution in [0.3, 0.4) is 0 Å². The fraction of sp³-hybridized carbons (Fsp3) is 0.692. The summed E-state index contributed by atoms with van der Waals surface area (Å²) in [5, 5.41) is 13.3. The Balaban J connectivity index is 1.64. The number of rotatable bonds is 8. The van der Waals surface area contributed by atoms with Crippen molar-refractivity contribution in [3.63, 3.8) is 0 Å². The van der Waals surface area contributed by atoms with Crippen molar-refractivity contribution in [3.8, 4) is 0 Å². The van der Waals surface area contributed by atoms with E-state index in [1.165, 1.54) is 24.2 Å². The van der Waals surface area contributed by atoms with Crippen LogP contribution in [0.5, 0.6) is 0 Å². The van der Waals surface area contributed by atoms with Crippen molar-refractivity contribution in [2.75, 3.05) is 19.8 Å². The topological polar surface area (TPSA) is 71.5 Å². The average Bonchev–Trinajstić information content (AvgIpc) is 3.10. The van der Waals surface area contributed by atoms with Gasteiger partial charge in [-0.3, -0.25) is 4.79 Å². The van der Waals surface area contributed by atoms with Crippen molar-refractivity contribution in [3.05, 3.63) is 16.1 Å². The number of carbonyl (C=O) groups is 1. The first-order valence-corrected chi connectivity index (χ1v) is 7.49. The molecule has 0 saturated heterocycles. The number of amides is 1. The minimum Gasteiger partial charge on any atom is -0.389 e.